The fourth-order valence-corrected chi connectivity index (χ4v) is 4.09. The Labute approximate surface area is 189 Å². The number of nitrogens with zero attached hydrogens (tertiary/aromatic N) is 1. The number of likely N-dealkylation sites (N-methyl/N-ethyl adjacent to an activating group) is 1. The number of rotatable bonds is 20. The molecule has 0 spiro atoms. The minimum absolute atomic E-state index is 0. The standard InChI is InChI=1S/C25H52NO2.ClH/c1-6-11-12-13-14-15-16-17-18-19-20-21-22-25(27)28-24(7-2)23-26(8-3,9-4)10-5;/h24H,6-23H2,1-5H3;1H/q+1;/p-1. The van der Waals surface area contributed by atoms with Crippen LogP contribution in [0.4, 0.5) is 0 Å². The van der Waals surface area contributed by atoms with Crippen LogP contribution in [0.1, 0.15) is 125 Å². The Kier molecular flexibility index (Phi) is 22.4. The van der Waals surface area contributed by atoms with Crippen molar-refractivity contribution in [3.63, 3.8) is 0 Å². The molecule has 29 heavy (non-hydrogen) atoms. The predicted octanol–water partition coefficient (Wildman–Crippen LogP) is 4.28. The zero-order chi connectivity index (χ0) is 21.1. The van der Waals surface area contributed by atoms with Gasteiger partial charge in [-0.15, -0.1) is 0 Å². The number of hydrogen-bond acceptors (Lipinski definition) is 2. The van der Waals surface area contributed by atoms with E-state index in [1.807, 2.05) is 0 Å². The molecule has 4 heteroatoms. The third-order valence-electron chi connectivity index (χ3n) is 6.59. The molecule has 0 saturated heterocycles. The molecular weight excluding hydrogens is 382 g/mol. The summed E-state index contributed by atoms with van der Waals surface area (Å²) in [4.78, 5) is 12.2. The van der Waals surface area contributed by atoms with Crippen molar-refractivity contribution in [2.75, 3.05) is 26.2 Å². The lowest BCUT2D eigenvalue weighted by atomic mass is 10.0. The van der Waals surface area contributed by atoms with Gasteiger partial charge in [-0.25, -0.2) is 0 Å². The molecule has 0 rings (SSSR count). The smallest absolute Gasteiger partial charge is 0.306 e. The zero-order valence-electron chi connectivity index (χ0n) is 20.4. The SMILES string of the molecule is CCCCCCCCCCCCCCC(=O)OC(CC)C[N+](CC)(CC)CC.[Cl-]. The quantitative estimate of drug-likeness (QED) is 0.163. The Morgan fingerprint density at radius 3 is 1.48 bits per heavy atom. The maximum atomic E-state index is 12.2. The van der Waals surface area contributed by atoms with Crippen molar-refractivity contribution in [1.82, 2.24) is 0 Å². The van der Waals surface area contributed by atoms with E-state index < -0.39 is 0 Å². The summed E-state index contributed by atoms with van der Waals surface area (Å²) in [6.07, 6.45) is 17.5. The minimum atomic E-state index is 0. The van der Waals surface area contributed by atoms with Crippen molar-refractivity contribution in [2.24, 2.45) is 0 Å². The van der Waals surface area contributed by atoms with E-state index in [1.54, 1.807) is 0 Å². The Hall–Kier alpha value is -0.280. The summed E-state index contributed by atoms with van der Waals surface area (Å²) in [7, 11) is 0. The van der Waals surface area contributed by atoms with Crippen LogP contribution in [0, 0.1) is 0 Å². The van der Waals surface area contributed by atoms with Crippen LogP contribution in [-0.2, 0) is 9.53 Å². The Morgan fingerprint density at radius 1 is 0.690 bits per heavy atom. The van der Waals surface area contributed by atoms with Gasteiger partial charge in [0.2, 0.25) is 0 Å². The molecule has 3 nitrogen and oxygen atoms in total. The molecule has 0 fully saturated rings. The molecule has 0 aromatic rings. The first-order chi connectivity index (χ1) is 13.6. The fraction of sp³-hybridized carbons (Fsp3) is 0.960. The van der Waals surface area contributed by atoms with Crippen LogP contribution in [0.2, 0.25) is 0 Å². The minimum Gasteiger partial charge on any atom is -1.00 e. The van der Waals surface area contributed by atoms with E-state index in [-0.39, 0.29) is 24.5 Å². The maximum Gasteiger partial charge on any atom is 0.306 e. The third kappa shape index (κ3) is 16.1. The third-order valence-corrected chi connectivity index (χ3v) is 6.59. The summed E-state index contributed by atoms with van der Waals surface area (Å²) in [5, 5.41) is 0. The van der Waals surface area contributed by atoms with Gasteiger partial charge < -0.3 is 21.6 Å². The number of esters is 1. The van der Waals surface area contributed by atoms with E-state index >= 15 is 0 Å². The largest absolute Gasteiger partial charge is 1.00 e. The summed E-state index contributed by atoms with van der Waals surface area (Å²) in [5.41, 5.74) is 0. The first-order valence-electron chi connectivity index (χ1n) is 12.6. The lowest BCUT2D eigenvalue weighted by Crippen LogP contribution is -3.00. The van der Waals surface area contributed by atoms with E-state index in [1.165, 1.54) is 70.6 Å². The molecule has 0 N–H and O–H groups in total. The molecule has 0 aliphatic carbocycles. The first-order valence-corrected chi connectivity index (χ1v) is 12.6. The number of quaternary nitrogens is 1. The topological polar surface area (TPSA) is 26.3 Å². The van der Waals surface area contributed by atoms with Crippen LogP contribution in [-0.4, -0.2) is 42.7 Å². The van der Waals surface area contributed by atoms with Gasteiger partial charge in [0.25, 0.3) is 0 Å². The normalized spacial score (nSPS) is 12.4. The van der Waals surface area contributed by atoms with Gasteiger partial charge in [0.15, 0.2) is 6.10 Å². The molecular formula is C25H52ClNO2. The highest BCUT2D eigenvalue weighted by atomic mass is 35.5. The van der Waals surface area contributed by atoms with E-state index in [0.29, 0.717) is 6.42 Å². The van der Waals surface area contributed by atoms with Crippen molar-refractivity contribution in [3.8, 4) is 0 Å². The summed E-state index contributed by atoms with van der Waals surface area (Å²) in [5.74, 6) is 0.0142. The van der Waals surface area contributed by atoms with Crippen molar-refractivity contribution in [3.05, 3.63) is 0 Å². The van der Waals surface area contributed by atoms with Crippen LogP contribution >= 0.6 is 0 Å². The number of hydrogen-bond donors (Lipinski definition) is 0. The number of unbranched alkanes of at least 4 members (excludes halogenated alkanes) is 11. The van der Waals surface area contributed by atoms with Crippen LogP contribution in [0.25, 0.3) is 0 Å². The molecule has 0 bridgehead atoms. The lowest BCUT2D eigenvalue weighted by Gasteiger charge is -2.38. The van der Waals surface area contributed by atoms with Crippen molar-refractivity contribution in [1.29, 1.82) is 0 Å². The lowest BCUT2D eigenvalue weighted by molar-refractivity contribution is -0.925. The van der Waals surface area contributed by atoms with Gasteiger partial charge in [-0.2, -0.15) is 0 Å². The molecule has 176 valence electrons. The molecule has 1 atom stereocenters. The maximum absolute atomic E-state index is 12.2. The Bertz CT molecular complexity index is 350. The van der Waals surface area contributed by atoms with Crippen LogP contribution < -0.4 is 12.4 Å². The van der Waals surface area contributed by atoms with Crippen molar-refractivity contribution in [2.45, 2.75) is 131 Å². The fourth-order valence-electron chi connectivity index (χ4n) is 4.09. The monoisotopic (exact) mass is 433 g/mol. The summed E-state index contributed by atoms with van der Waals surface area (Å²) in [6, 6.07) is 0. The molecule has 0 heterocycles. The number of halogens is 1. The Balaban J connectivity index is 0. The molecule has 0 aromatic carbocycles. The second-order valence-corrected chi connectivity index (χ2v) is 8.63. The van der Waals surface area contributed by atoms with E-state index in [0.717, 1.165) is 43.5 Å². The number of carbonyl (C=O) groups is 1. The highest BCUT2D eigenvalue weighted by Gasteiger charge is 2.27. The molecule has 0 aliphatic heterocycles. The van der Waals surface area contributed by atoms with Gasteiger partial charge in [0, 0.05) is 6.42 Å². The highest BCUT2D eigenvalue weighted by Crippen LogP contribution is 2.15. The molecule has 0 radical (unpaired) electrons. The predicted molar refractivity (Wildman–Crippen MR) is 123 cm³/mol. The number of carbonyl (C=O) groups excluding carboxylic acids is 1. The summed E-state index contributed by atoms with van der Waals surface area (Å²) < 4.78 is 6.85. The molecule has 0 saturated carbocycles. The first kappa shape index (κ1) is 30.9. The van der Waals surface area contributed by atoms with Gasteiger partial charge in [-0.05, 0) is 33.6 Å². The van der Waals surface area contributed by atoms with Gasteiger partial charge in [0.1, 0.15) is 6.54 Å². The zero-order valence-corrected chi connectivity index (χ0v) is 21.2. The second-order valence-electron chi connectivity index (χ2n) is 8.63. The van der Waals surface area contributed by atoms with Crippen LogP contribution in [0.3, 0.4) is 0 Å². The molecule has 0 amide bonds. The second kappa shape index (κ2) is 21.0. The van der Waals surface area contributed by atoms with E-state index in [9.17, 15) is 4.79 Å². The summed E-state index contributed by atoms with van der Waals surface area (Å²) >= 11 is 0. The van der Waals surface area contributed by atoms with Gasteiger partial charge >= 0.3 is 5.97 Å². The molecule has 0 aromatic heterocycles. The van der Waals surface area contributed by atoms with Gasteiger partial charge in [-0.3, -0.25) is 4.79 Å². The van der Waals surface area contributed by atoms with E-state index in [2.05, 4.69) is 34.6 Å². The van der Waals surface area contributed by atoms with Crippen molar-refractivity contribution < 1.29 is 26.4 Å². The highest BCUT2D eigenvalue weighted by molar-refractivity contribution is 5.69. The summed E-state index contributed by atoms with van der Waals surface area (Å²) in [6.45, 7) is 15.4. The van der Waals surface area contributed by atoms with Gasteiger partial charge in [0.05, 0.1) is 19.6 Å². The van der Waals surface area contributed by atoms with Crippen LogP contribution in [0.15, 0.2) is 0 Å². The van der Waals surface area contributed by atoms with Gasteiger partial charge in [-0.1, -0.05) is 84.5 Å². The molecule has 0 aliphatic rings. The average molecular weight is 434 g/mol. The molecule has 1 unspecified atom stereocenters. The number of ether oxygens (including phenoxy) is 1. The van der Waals surface area contributed by atoms with Crippen LogP contribution in [0.5, 0.6) is 0 Å². The average Bonchev–Trinajstić information content (AvgIpc) is 2.72. The van der Waals surface area contributed by atoms with Crippen molar-refractivity contribution >= 4 is 5.97 Å². The van der Waals surface area contributed by atoms with E-state index in [4.69, 9.17) is 4.74 Å². The Morgan fingerprint density at radius 2 is 1.10 bits per heavy atom.